The smallest absolute Gasteiger partial charge is 0.00518 e. The van der Waals surface area contributed by atoms with E-state index in [-0.39, 0.29) is 7.43 Å². The number of aryl methyl sites for hydroxylation is 8. The number of benzene rings is 1. The number of rotatable bonds is 52. The van der Waals surface area contributed by atoms with Gasteiger partial charge in [-0.25, -0.2) is 0 Å². The van der Waals surface area contributed by atoms with Gasteiger partial charge in [0.2, 0.25) is 0 Å². The Kier molecular flexibility index (Phi) is 46.5. The fourth-order valence-electron chi connectivity index (χ4n) is 21.0. The summed E-state index contributed by atoms with van der Waals surface area (Å²) in [5.74, 6) is 5.29. The molecule has 0 saturated carbocycles. The molecule has 0 saturated heterocycles. The van der Waals surface area contributed by atoms with Crippen molar-refractivity contribution in [1.29, 1.82) is 0 Å². The van der Waals surface area contributed by atoms with Crippen LogP contribution in [0.2, 0.25) is 22.6 Å². The van der Waals surface area contributed by atoms with Crippen molar-refractivity contribution in [3.05, 3.63) is 121 Å². The van der Waals surface area contributed by atoms with E-state index in [2.05, 4.69) is 258 Å². The van der Waals surface area contributed by atoms with Crippen LogP contribution in [-0.4, -0.2) is 21.3 Å². The average Bonchev–Trinajstić information content (AvgIpc) is 1.55. The molecule has 11 heteroatoms. The van der Waals surface area contributed by atoms with Crippen LogP contribution in [0.15, 0.2) is 60.7 Å². The van der Waals surface area contributed by atoms with Crippen molar-refractivity contribution >= 4 is 163 Å². The molecule has 9 aromatic heterocycles. The van der Waals surface area contributed by atoms with Crippen LogP contribution in [0.3, 0.4) is 0 Å². The van der Waals surface area contributed by atoms with E-state index >= 15 is 0 Å². The van der Waals surface area contributed by atoms with Gasteiger partial charge in [-0.05, 0) is 186 Å². The van der Waals surface area contributed by atoms with Crippen molar-refractivity contribution < 1.29 is 0 Å². The molecular formula is C111H174GeS9Si. The van der Waals surface area contributed by atoms with Crippen molar-refractivity contribution in [2.45, 2.75) is 439 Å². The summed E-state index contributed by atoms with van der Waals surface area (Å²) in [6.07, 6.45) is 54.8. The van der Waals surface area contributed by atoms with Gasteiger partial charge in [0.1, 0.15) is 8.07 Å². The first kappa shape index (κ1) is 105. The molecule has 0 N–H and O–H groups in total. The Morgan fingerprint density at radius 1 is 0.295 bits per heavy atom. The molecule has 0 spiro atoms. The van der Waals surface area contributed by atoms with Gasteiger partial charge in [-0.15, -0.1) is 79.4 Å². The van der Waals surface area contributed by atoms with Gasteiger partial charge >= 0.3 is 192 Å². The number of thiophene rings is 9. The third kappa shape index (κ3) is 27.9. The Balaban J connectivity index is 0.000000206. The Labute approximate surface area is 790 Å². The molecule has 0 bridgehead atoms. The molecule has 6 unspecified atom stereocenters. The Bertz CT molecular complexity index is 4140. The summed E-state index contributed by atoms with van der Waals surface area (Å²) in [6, 6.07) is 28.2. The number of hydrogen-bond acceptors (Lipinski definition) is 9. The minimum atomic E-state index is -2.36. The molecule has 0 fully saturated rings. The predicted octanol–water partition coefficient (Wildman–Crippen LogP) is 39.3. The summed E-state index contributed by atoms with van der Waals surface area (Å²) in [5, 5.41) is 9.69. The van der Waals surface area contributed by atoms with Crippen LogP contribution < -0.4 is 19.2 Å². The van der Waals surface area contributed by atoms with Gasteiger partial charge in [-0.2, -0.15) is 0 Å². The van der Waals surface area contributed by atoms with Crippen LogP contribution in [0, 0.1) is 90.9 Å². The van der Waals surface area contributed by atoms with Gasteiger partial charge in [-0.3, -0.25) is 0 Å². The van der Waals surface area contributed by atoms with E-state index in [1.165, 1.54) is 329 Å². The van der Waals surface area contributed by atoms with Crippen LogP contribution in [-0.2, 0) is 25.7 Å². The van der Waals surface area contributed by atoms with Crippen LogP contribution in [0.1, 0.15) is 395 Å². The second-order valence-electron chi connectivity index (χ2n) is 38.0. The number of hydrogen-bond donors (Lipinski definition) is 0. The summed E-state index contributed by atoms with van der Waals surface area (Å²) in [4.78, 5) is 25.0. The first-order valence-corrected chi connectivity index (χ1v) is 65.1. The zero-order valence-electron chi connectivity index (χ0n) is 81.0. The van der Waals surface area contributed by atoms with E-state index in [4.69, 9.17) is 0 Å². The summed E-state index contributed by atoms with van der Waals surface area (Å²) in [5.41, 5.74) is 6.40. The first-order valence-electron chi connectivity index (χ1n) is 50.3. The maximum Gasteiger partial charge on any atom is 0.00518 e. The molecule has 6 atom stereocenters. The number of fused-ring (bicyclic) bond motifs is 8. The molecule has 0 nitrogen and oxygen atoms in total. The molecule has 2 aliphatic heterocycles. The molecule has 12 rings (SSSR count). The quantitative estimate of drug-likeness (QED) is 0.0263. The Morgan fingerprint density at radius 2 is 0.598 bits per heavy atom. The third-order valence-electron chi connectivity index (χ3n) is 28.3. The van der Waals surface area contributed by atoms with Crippen molar-refractivity contribution in [1.82, 2.24) is 0 Å². The largest absolute Gasteiger partial charge is 0.145 e. The van der Waals surface area contributed by atoms with E-state index in [1.54, 1.807) is 70.4 Å². The van der Waals surface area contributed by atoms with Crippen molar-refractivity contribution in [3.63, 3.8) is 0 Å². The molecule has 2 aliphatic rings. The van der Waals surface area contributed by atoms with Crippen molar-refractivity contribution in [2.24, 2.45) is 35.5 Å². The maximum atomic E-state index is 2.65. The molecule has 0 radical (unpaired) electrons. The second-order valence-corrected chi connectivity index (χ2v) is 61.9. The normalized spacial score (nSPS) is 14.5. The van der Waals surface area contributed by atoms with Gasteiger partial charge < -0.3 is 0 Å². The van der Waals surface area contributed by atoms with Gasteiger partial charge in [0.15, 0.2) is 0 Å². The second kappa shape index (κ2) is 54.0. The summed E-state index contributed by atoms with van der Waals surface area (Å²) < 4.78 is 6.74. The minimum Gasteiger partial charge on any atom is -0.145 e. The topological polar surface area (TPSA) is 0 Å². The van der Waals surface area contributed by atoms with E-state index in [0.29, 0.717) is 0 Å². The van der Waals surface area contributed by atoms with Gasteiger partial charge in [0.05, 0.1) is 0 Å². The standard InChI is InChI=1S/C36H46S4.C26H42GeS2.C26H42S2Si.C22H40S.CH4/c1-7-11-13-25(9-3)21-27-15-17-31(39-27)33-29-19-23(5)38-36(29)34(30-20-24(6)37-35(30)33)32-18-16-28(40-32)22-26(10-4)14-12-8-2;1-7-11-13-21(9-3)17-27(18-22(10-4)14-12-8-2)23-15-19(5)28-25(23)26-24(27)16-20(6)29-26;1-7-11-13-21(9-3)17-29(18-22(10-4)14-12-8-2)23-15-19(5)27-25(23)26-24(29)16-20(6)28-26;1-5-7-9-11-13-15-17-21-19(3)23-20(4)22(21)18-16-14-12-10-8-6-2;/h15-20,25-26H,7-14,21-22H2,1-6H3;2*15-16,21-22H,7-14,17-18H2,1-6H3;5-18H2,1-4H3;1H4. The Morgan fingerprint density at radius 3 is 0.943 bits per heavy atom. The summed E-state index contributed by atoms with van der Waals surface area (Å²) in [6.45, 7) is 51.8. The minimum absolute atomic E-state index is 0. The third-order valence-corrected chi connectivity index (χ3v) is 56.2. The van der Waals surface area contributed by atoms with Crippen LogP contribution in [0.25, 0.3) is 60.6 Å². The summed E-state index contributed by atoms with van der Waals surface area (Å²) in [7, 11) is -1.68. The van der Waals surface area contributed by atoms with E-state index in [1.807, 2.05) is 75.8 Å². The molecule has 1 aromatic carbocycles. The zero-order valence-corrected chi connectivity index (χ0v) is 91.5. The predicted molar refractivity (Wildman–Crippen MR) is 579 cm³/mol. The first-order chi connectivity index (χ1) is 58.6. The van der Waals surface area contributed by atoms with Crippen LogP contribution >= 0.6 is 102 Å². The maximum absolute atomic E-state index is 2.65. The fourth-order valence-corrected chi connectivity index (χ4v) is 56.0. The molecule has 10 aromatic rings. The van der Waals surface area contributed by atoms with E-state index < -0.39 is 21.3 Å². The summed E-state index contributed by atoms with van der Waals surface area (Å²) >= 11 is 16.1. The van der Waals surface area contributed by atoms with E-state index in [9.17, 15) is 0 Å². The monoisotopic (exact) mass is 1900 g/mol. The molecule has 0 aliphatic carbocycles. The number of unbranched alkanes of at least 4 members (excludes halogenated alkanes) is 16. The van der Waals surface area contributed by atoms with Crippen LogP contribution in [0.5, 0.6) is 0 Å². The zero-order chi connectivity index (χ0) is 87.2. The fraction of sp³-hybridized carbons (Fsp3) is 0.658. The van der Waals surface area contributed by atoms with Gasteiger partial charge in [0, 0.05) is 89.8 Å². The molecule has 11 heterocycles. The molecule has 680 valence electrons. The molecular weight excluding hydrogens is 1720 g/mol. The van der Waals surface area contributed by atoms with Crippen LogP contribution in [0.4, 0.5) is 0 Å². The Hall–Kier alpha value is -2.20. The van der Waals surface area contributed by atoms with E-state index in [0.717, 1.165) is 35.5 Å². The van der Waals surface area contributed by atoms with Gasteiger partial charge in [0.25, 0.3) is 0 Å². The average molecular weight is 1900 g/mol. The molecule has 122 heavy (non-hydrogen) atoms. The van der Waals surface area contributed by atoms with Crippen molar-refractivity contribution in [2.75, 3.05) is 0 Å². The van der Waals surface area contributed by atoms with Gasteiger partial charge in [-0.1, -0.05) is 244 Å². The SMILES string of the molecule is C.CCCCC(CC)C[Si]1(CC(CC)CCCC)c2cc(C)sc2-c2sc(C)cc21.CCCCC(CC)Cc1ccc(-c2c3cc(C)sc3c(-c3ccc(CC(CC)CCCC)s3)c3cc(C)sc23)s1.CCCCC(CC)[CH2][Ge]1([CH2]C(CC)CCCC)[c]2cc(C)sc2-c2sc(C)c[c]21.CCCCCCCCc1c(C)sc(C)c1CCCCCCCC. The van der Waals surface area contributed by atoms with Crippen molar-refractivity contribution in [3.8, 4) is 40.4 Å². The molecule has 0 amide bonds.